The van der Waals surface area contributed by atoms with Gasteiger partial charge in [0.2, 0.25) is 5.91 Å². The van der Waals surface area contributed by atoms with Crippen molar-refractivity contribution in [1.29, 1.82) is 0 Å². The predicted molar refractivity (Wildman–Crippen MR) is 99.3 cm³/mol. The topological polar surface area (TPSA) is 69.7 Å². The lowest BCUT2D eigenvalue weighted by Gasteiger charge is -2.20. The summed E-state index contributed by atoms with van der Waals surface area (Å²) in [5.41, 5.74) is 0.576. The molecular formula is C18H23N3O3S. The zero-order valence-electron chi connectivity index (χ0n) is 14.5. The predicted octanol–water partition coefficient (Wildman–Crippen LogP) is 1.81. The van der Waals surface area contributed by atoms with E-state index < -0.39 is 10.0 Å². The average molecular weight is 361 g/mol. The van der Waals surface area contributed by atoms with Gasteiger partial charge in [-0.05, 0) is 30.6 Å². The summed E-state index contributed by atoms with van der Waals surface area (Å²) in [4.78, 5) is 14.8. The van der Waals surface area contributed by atoms with E-state index in [1.165, 1.54) is 4.31 Å². The first kappa shape index (κ1) is 17.7. The maximum absolute atomic E-state index is 12.8. The summed E-state index contributed by atoms with van der Waals surface area (Å²) in [6.45, 7) is 7.04. The van der Waals surface area contributed by atoms with Crippen LogP contribution in [-0.2, 0) is 14.8 Å². The lowest BCUT2D eigenvalue weighted by molar-refractivity contribution is -0.119. The van der Waals surface area contributed by atoms with Crippen LogP contribution in [0.3, 0.4) is 0 Å². The average Bonchev–Trinajstić information content (AvgIpc) is 2.82. The Kier molecular flexibility index (Phi) is 4.96. The third-order valence-corrected chi connectivity index (χ3v) is 6.42. The van der Waals surface area contributed by atoms with Crippen LogP contribution in [0.5, 0.6) is 0 Å². The van der Waals surface area contributed by atoms with Gasteiger partial charge in [0.15, 0.2) is 0 Å². The van der Waals surface area contributed by atoms with Crippen molar-refractivity contribution < 1.29 is 13.2 Å². The lowest BCUT2D eigenvalue weighted by Crippen LogP contribution is -2.41. The molecule has 0 spiro atoms. The molecule has 1 aliphatic rings. The van der Waals surface area contributed by atoms with Crippen molar-refractivity contribution >= 4 is 32.4 Å². The Labute approximate surface area is 148 Å². The molecule has 134 valence electrons. The summed E-state index contributed by atoms with van der Waals surface area (Å²) >= 11 is 0. The molecule has 0 saturated carbocycles. The third kappa shape index (κ3) is 3.21. The number of amides is 1. The van der Waals surface area contributed by atoms with E-state index in [2.05, 4.69) is 24.1 Å². The molecule has 25 heavy (non-hydrogen) atoms. The van der Waals surface area contributed by atoms with Gasteiger partial charge in [-0.3, -0.25) is 9.10 Å². The smallest absolute Gasteiger partial charge is 0.265 e. The first-order valence-electron chi connectivity index (χ1n) is 8.52. The van der Waals surface area contributed by atoms with Gasteiger partial charge in [-0.25, -0.2) is 8.42 Å². The van der Waals surface area contributed by atoms with Crippen LogP contribution in [0.1, 0.15) is 13.8 Å². The lowest BCUT2D eigenvalue weighted by atomic mass is 10.1. The number of sulfonamides is 1. The number of likely N-dealkylation sites (N-methyl/N-ethyl adjacent to an activating group) is 1. The van der Waals surface area contributed by atoms with Crippen molar-refractivity contribution in [3.05, 3.63) is 36.4 Å². The minimum absolute atomic E-state index is 0.200. The highest BCUT2D eigenvalue weighted by molar-refractivity contribution is 7.93. The van der Waals surface area contributed by atoms with E-state index in [9.17, 15) is 13.2 Å². The normalized spacial score (nSPS) is 15.1. The molecule has 0 unspecified atom stereocenters. The first-order chi connectivity index (χ1) is 12.0. The van der Waals surface area contributed by atoms with E-state index in [0.717, 1.165) is 25.0 Å². The van der Waals surface area contributed by atoms with E-state index in [0.29, 0.717) is 17.6 Å². The fourth-order valence-corrected chi connectivity index (χ4v) is 4.87. The van der Waals surface area contributed by atoms with Crippen LogP contribution in [0, 0.1) is 0 Å². The van der Waals surface area contributed by atoms with Gasteiger partial charge in [0.05, 0.1) is 10.6 Å². The van der Waals surface area contributed by atoms with Crippen molar-refractivity contribution in [3.8, 4) is 0 Å². The van der Waals surface area contributed by atoms with Crippen LogP contribution in [0.4, 0.5) is 5.69 Å². The minimum atomic E-state index is -3.68. The number of nitrogens with one attached hydrogen (secondary N) is 1. The molecule has 1 heterocycles. The highest BCUT2D eigenvalue weighted by atomic mass is 32.2. The molecule has 6 nitrogen and oxygen atoms in total. The van der Waals surface area contributed by atoms with Gasteiger partial charge in [-0.2, -0.15) is 0 Å². The highest BCUT2D eigenvalue weighted by Crippen LogP contribution is 2.41. The Hall–Kier alpha value is -2.12. The molecule has 0 aromatic heterocycles. The van der Waals surface area contributed by atoms with Gasteiger partial charge in [0, 0.05) is 18.5 Å². The second kappa shape index (κ2) is 7.01. The van der Waals surface area contributed by atoms with Crippen molar-refractivity contribution in [1.82, 2.24) is 10.2 Å². The monoisotopic (exact) mass is 361 g/mol. The number of hydrogen-bond acceptors (Lipinski definition) is 4. The van der Waals surface area contributed by atoms with E-state index in [-0.39, 0.29) is 17.3 Å². The van der Waals surface area contributed by atoms with Crippen LogP contribution in [0.2, 0.25) is 0 Å². The number of nitrogens with zero attached hydrogens (tertiary/aromatic N) is 2. The first-order valence-corrected chi connectivity index (χ1v) is 9.96. The Balaban J connectivity index is 1.76. The summed E-state index contributed by atoms with van der Waals surface area (Å²) in [5.74, 6) is -0.291. The van der Waals surface area contributed by atoms with E-state index in [4.69, 9.17) is 0 Å². The van der Waals surface area contributed by atoms with Crippen LogP contribution in [0.25, 0.3) is 10.8 Å². The Morgan fingerprint density at radius 3 is 2.48 bits per heavy atom. The van der Waals surface area contributed by atoms with Crippen molar-refractivity contribution in [2.24, 2.45) is 0 Å². The molecule has 0 saturated heterocycles. The minimum Gasteiger partial charge on any atom is -0.353 e. The molecule has 0 atom stereocenters. The Bertz CT molecular complexity index is 886. The number of carbonyl (C=O) groups is 1. The summed E-state index contributed by atoms with van der Waals surface area (Å²) < 4.78 is 26.8. The molecule has 7 heteroatoms. The SMILES string of the molecule is CCN(CC)CCNC(=O)CN1c2cccc3cccc(c23)S1(=O)=O. The van der Waals surface area contributed by atoms with Gasteiger partial charge in [0.1, 0.15) is 6.54 Å². The Morgan fingerprint density at radius 1 is 1.12 bits per heavy atom. The maximum Gasteiger partial charge on any atom is 0.265 e. The van der Waals surface area contributed by atoms with Gasteiger partial charge in [0.25, 0.3) is 10.0 Å². The molecule has 1 amide bonds. The molecule has 1 N–H and O–H groups in total. The van der Waals surface area contributed by atoms with E-state index in [1.54, 1.807) is 18.2 Å². The molecule has 0 radical (unpaired) electrons. The quantitative estimate of drug-likeness (QED) is 0.817. The van der Waals surface area contributed by atoms with Gasteiger partial charge in [-0.1, -0.05) is 38.1 Å². The maximum atomic E-state index is 12.8. The number of anilines is 1. The molecule has 3 rings (SSSR count). The molecule has 2 aromatic carbocycles. The van der Waals surface area contributed by atoms with Crippen molar-refractivity contribution in [3.63, 3.8) is 0 Å². The largest absolute Gasteiger partial charge is 0.353 e. The second-order valence-corrected chi connectivity index (χ2v) is 7.85. The van der Waals surface area contributed by atoms with Gasteiger partial charge >= 0.3 is 0 Å². The second-order valence-electron chi connectivity index (χ2n) is 6.02. The fourth-order valence-electron chi connectivity index (χ4n) is 3.21. The molecular weight excluding hydrogens is 338 g/mol. The van der Waals surface area contributed by atoms with Crippen LogP contribution < -0.4 is 9.62 Å². The zero-order chi connectivity index (χ0) is 18.0. The summed E-state index contributed by atoms with van der Waals surface area (Å²) in [6.07, 6.45) is 0. The molecule has 0 aliphatic carbocycles. The zero-order valence-corrected chi connectivity index (χ0v) is 15.3. The fraction of sp³-hybridized carbons (Fsp3) is 0.389. The van der Waals surface area contributed by atoms with E-state index >= 15 is 0 Å². The summed E-state index contributed by atoms with van der Waals surface area (Å²) in [6, 6.07) is 10.6. The highest BCUT2D eigenvalue weighted by Gasteiger charge is 2.36. The van der Waals surface area contributed by atoms with Gasteiger partial charge < -0.3 is 10.2 Å². The van der Waals surface area contributed by atoms with E-state index in [1.807, 2.05) is 18.2 Å². The molecule has 0 bridgehead atoms. The molecule has 0 fully saturated rings. The van der Waals surface area contributed by atoms with Crippen molar-refractivity contribution in [2.45, 2.75) is 18.7 Å². The number of carbonyl (C=O) groups excluding carboxylic acids is 1. The number of hydrogen-bond donors (Lipinski definition) is 1. The van der Waals surface area contributed by atoms with Crippen molar-refractivity contribution in [2.75, 3.05) is 37.0 Å². The summed E-state index contributed by atoms with van der Waals surface area (Å²) in [5, 5.41) is 4.38. The number of benzene rings is 2. The molecule has 2 aromatic rings. The third-order valence-electron chi connectivity index (χ3n) is 4.61. The van der Waals surface area contributed by atoms with Crippen LogP contribution in [-0.4, -0.2) is 51.9 Å². The van der Waals surface area contributed by atoms with Crippen LogP contribution in [0.15, 0.2) is 41.3 Å². The number of rotatable bonds is 7. The van der Waals surface area contributed by atoms with Gasteiger partial charge in [-0.15, -0.1) is 0 Å². The molecule has 1 aliphatic heterocycles. The summed E-state index contributed by atoms with van der Waals surface area (Å²) in [7, 11) is -3.68. The Morgan fingerprint density at radius 2 is 1.80 bits per heavy atom. The van der Waals surface area contributed by atoms with Crippen LogP contribution >= 0.6 is 0 Å². The standard InChI is InChI=1S/C18H23N3O3S/c1-3-20(4-2)12-11-19-17(22)13-21-15-9-5-7-14-8-6-10-16(18(14)15)25(21,23)24/h5-10H,3-4,11-13H2,1-2H3,(H,19,22).